The first-order valence-corrected chi connectivity index (χ1v) is 12.9. The van der Waals surface area contributed by atoms with E-state index in [-0.39, 0.29) is 18.5 Å². The quantitative estimate of drug-likeness (QED) is 0.393. The van der Waals surface area contributed by atoms with Crippen molar-refractivity contribution in [2.75, 3.05) is 11.4 Å². The van der Waals surface area contributed by atoms with Gasteiger partial charge in [-0.2, -0.15) is 0 Å². The summed E-state index contributed by atoms with van der Waals surface area (Å²) in [6.07, 6.45) is 2.57. The number of anilines is 2. The Kier molecular flexibility index (Phi) is 6.32. The number of aliphatic carboxylic acids is 1. The van der Waals surface area contributed by atoms with Gasteiger partial charge in [-0.1, -0.05) is 66.7 Å². The summed E-state index contributed by atoms with van der Waals surface area (Å²) in [4.78, 5) is 52.7. The lowest BCUT2D eigenvalue weighted by molar-refractivity contribution is -0.145. The van der Waals surface area contributed by atoms with Crippen LogP contribution in [0.3, 0.4) is 0 Å². The maximum absolute atomic E-state index is 14.1. The number of fused-ring (bicyclic) bond motifs is 2. The Morgan fingerprint density at radius 3 is 2.03 bits per heavy atom. The van der Waals surface area contributed by atoms with Crippen LogP contribution in [0.15, 0.2) is 97.3 Å². The van der Waals surface area contributed by atoms with E-state index in [1.54, 1.807) is 4.90 Å². The van der Waals surface area contributed by atoms with Crippen molar-refractivity contribution in [3.05, 3.63) is 103 Å². The number of benzene rings is 3. The van der Waals surface area contributed by atoms with Crippen molar-refractivity contribution in [1.29, 1.82) is 0 Å². The maximum atomic E-state index is 14.1. The minimum absolute atomic E-state index is 0.114. The van der Waals surface area contributed by atoms with Crippen LogP contribution in [-0.2, 0) is 4.79 Å². The lowest BCUT2D eigenvalue weighted by atomic mass is 10.0. The number of nitrogens with zero attached hydrogens (tertiary/aromatic N) is 4. The Morgan fingerprint density at radius 2 is 1.44 bits per heavy atom. The van der Waals surface area contributed by atoms with Gasteiger partial charge < -0.3 is 19.9 Å². The van der Waals surface area contributed by atoms with E-state index in [0.717, 1.165) is 5.56 Å². The lowest BCUT2D eigenvalue weighted by Crippen LogP contribution is -2.66. The molecule has 2 aliphatic rings. The lowest BCUT2D eigenvalue weighted by Gasteiger charge is -2.46. The van der Waals surface area contributed by atoms with E-state index in [2.05, 4.69) is 9.97 Å². The van der Waals surface area contributed by atoms with Crippen molar-refractivity contribution in [3.63, 3.8) is 0 Å². The molecule has 196 valence electrons. The van der Waals surface area contributed by atoms with Crippen molar-refractivity contribution in [2.45, 2.75) is 31.0 Å². The zero-order valence-corrected chi connectivity index (χ0v) is 21.1. The third kappa shape index (κ3) is 4.31. The van der Waals surface area contributed by atoms with Crippen LogP contribution in [0.4, 0.5) is 16.2 Å². The number of carbonyl (C=O) groups excluding carboxylic acids is 2. The topological polar surface area (TPSA) is 110 Å². The van der Waals surface area contributed by atoms with Crippen LogP contribution in [0.1, 0.15) is 23.3 Å². The third-order valence-electron chi connectivity index (χ3n) is 7.51. The number of piperazine rings is 1. The molecule has 3 heterocycles. The number of hydrogen-bond donors (Lipinski definition) is 2. The molecule has 2 aliphatic heterocycles. The number of hydrogen-bond acceptors (Lipinski definition) is 4. The van der Waals surface area contributed by atoms with E-state index in [1.807, 2.05) is 91.0 Å². The van der Waals surface area contributed by atoms with Gasteiger partial charge in [0.05, 0.1) is 29.8 Å². The highest BCUT2D eigenvalue weighted by Crippen LogP contribution is 2.38. The Labute approximate surface area is 225 Å². The van der Waals surface area contributed by atoms with Crippen LogP contribution >= 0.6 is 0 Å². The molecule has 0 saturated carbocycles. The van der Waals surface area contributed by atoms with Crippen LogP contribution in [-0.4, -0.2) is 67.5 Å². The van der Waals surface area contributed by atoms with Crippen LogP contribution in [0, 0.1) is 0 Å². The second-order valence-corrected chi connectivity index (χ2v) is 9.73. The van der Waals surface area contributed by atoms with E-state index in [9.17, 15) is 19.5 Å². The fourth-order valence-corrected chi connectivity index (χ4v) is 5.81. The van der Waals surface area contributed by atoms with E-state index in [0.29, 0.717) is 35.6 Å². The smallest absolute Gasteiger partial charge is 0.329 e. The molecule has 6 rings (SSSR count). The summed E-state index contributed by atoms with van der Waals surface area (Å²) < 4.78 is 0. The van der Waals surface area contributed by atoms with Crippen molar-refractivity contribution >= 4 is 29.3 Å². The molecule has 0 aliphatic carbocycles. The van der Waals surface area contributed by atoms with Crippen LogP contribution < -0.4 is 4.90 Å². The molecule has 39 heavy (non-hydrogen) atoms. The van der Waals surface area contributed by atoms with E-state index < -0.39 is 24.1 Å². The summed E-state index contributed by atoms with van der Waals surface area (Å²) in [5.74, 6) is -1.44. The number of carboxylic acids is 1. The van der Waals surface area contributed by atoms with Crippen molar-refractivity contribution in [3.8, 4) is 11.3 Å². The number of carbonyl (C=O) groups is 3. The summed E-state index contributed by atoms with van der Waals surface area (Å²) in [5.41, 5.74) is 2.89. The predicted octanol–water partition coefficient (Wildman–Crippen LogP) is 4.78. The highest BCUT2D eigenvalue weighted by molar-refractivity contribution is 6.02. The molecule has 3 atom stereocenters. The second-order valence-electron chi connectivity index (χ2n) is 9.73. The molecule has 3 amide bonds. The van der Waals surface area contributed by atoms with Crippen LogP contribution in [0.5, 0.6) is 0 Å². The fraction of sp³-hybridized carbons (Fsp3) is 0.200. The Bertz CT molecular complexity index is 1450. The van der Waals surface area contributed by atoms with Gasteiger partial charge in [-0.25, -0.2) is 14.6 Å². The number of imidazole rings is 1. The average Bonchev–Trinajstić information content (AvgIpc) is 3.58. The van der Waals surface area contributed by atoms with Gasteiger partial charge in [-0.05, 0) is 37.1 Å². The molecule has 9 heteroatoms. The van der Waals surface area contributed by atoms with Crippen molar-refractivity contribution in [1.82, 2.24) is 19.8 Å². The summed E-state index contributed by atoms with van der Waals surface area (Å²) in [6, 6.07) is 25.1. The number of likely N-dealkylation sites (tertiary alicyclic amines) is 1. The normalized spacial score (nSPS) is 20.1. The number of aromatic amines is 1. The molecule has 2 fully saturated rings. The Balaban J connectivity index is 1.34. The third-order valence-corrected chi connectivity index (χ3v) is 7.51. The average molecular weight is 522 g/mol. The minimum Gasteiger partial charge on any atom is -0.480 e. The number of urea groups is 1. The molecular weight excluding hydrogens is 494 g/mol. The van der Waals surface area contributed by atoms with Crippen molar-refractivity contribution in [2.24, 2.45) is 0 Å². The molecule has 1 aromatic heterocycles. The summed E-state index contributed by atoms with van der Waals surface area (Å²) in [6.45, 7) is 0.114. The second kappa shape index (κ2) is 10.1. The summed E-state index contributed by atoms with van der Waals surface area (Å²) in [5, 5.41) is 10.4. The predicted molar refractivity (Wildman–Crippen MR) is 146 cm³/mol. The molecule has 0 radical (unpaired) electrons. The van der Waals surface area contributed by atoms with Gasteiger partial charge in [0.25, 0.3) is 5.91 Å². The molecule has 0 unspecified atom stereocenters. The van der Waals surface area contributed by atoms with Gasteiger partial charge in [0, 0.05) is 12.1 Å². The number of nitrogens with one attached hydrogen (secondary N) is 1. The first-order valence-electron chi connectivity index (χ1n) is 12.9. The first-order chi connectivity index (χ1) is 19.0. The van der Waals surface area contributed by atoms with Crippen LogP contribution in [0.25, 0.3) is 11.3 Å². The van der Waals surface area contributed by atoms with Crippen molar-refractivity contribution < 1.29 is 19.5 Å². The van der Waals surface area contributed by atoms with Gasteiger partial charge in [0.1, 0.15) is 11.4 Å². The largest absolute Gasteiger partial charge is 0.480 e. The van der Waals surface area contributed by atoms with Gasteiger partial charge in [0.15, 0.2) is 6.04 Å². The number of H-pyrrole nitrogens is 1. The molecular formula is C30H27N5O4. The summed E-state index contributed by atoms with van der Waals surface area (Å²) in [7, 11) is 0. The van der Waals surface area contributed by atoms with Gasteiger partial charge >= 0.3 is 12.0 Å². The molecule has 3 aromatic carbocycles. The number of carboxylic acid groups (broad SMARTS) is 1. The maximum Gasteiger partial charge on any atom is 0.329 e. The molecule has 9 nitrogen and oxygen atoms in total. The number of aromatic nitrogens is 2. The Hall–Kier alpha value is -4.92. The van der Waals surface area contributed by atoms with Gasteiger partial charge in [0.2, 0.25) is 0 Å². The molecule has 4 aromatic rings. The highest BCUT2D eigenvalue weighted by atomic mass is 16.4. The fourth-order valence-electron chi connectivity index (χ4n) is 5.81. The van der Waals surface area contributed by atoms with Gasteiger partial charge in [-0.3, -0.25) is 9.69 Å². The molecule has 0 spiro atoms. The Morgan fingerprint density at radius 1 is 0.846 bits per heavy atom. The first kappa shape index (κ1) is 24.4. The monoisotopic (exact) mass is 521 g/mol. The zero-order chi connectivity index (χ0) is 26.9. The van der Waals surface area contributed by atoms with E-state index in [1.165, 1.54) is 16.1 Å². The number of para-hydroxylation sites is 2. The SMILES string of the molecule is O=C(O)[C@@H]1[C@H]2CC[C@@H](CN1C(=O)N(c1ccccc1)c1ccccc1)N2C(=O)c1[nH]cnc1-c1ccccc1. The highest BCUT2D eigenvalue weighted by Gasteiger charge is 2.54. The van der Waals surface area contributed by atoms with E-state index in [4.69, 9.17) is 0 Å². The van der Waals surface area contributed by atoms with E-state index >= 15 is 0 Å². The number of rotatable bonds is 5. The zero-order valence-electron chi connectivity index (χ0n) is 21.1. The minimum atomic E-state index is -1.20. The molecule has 2 saturated heterocycles. The van der Waals surface area contributed by atoms with Crippen LogP contribution in [0.2, 0.25) is 0 Å². The number of amides is 3. The standard InChI is InChI=1S/C30H27N5O4/c36-28(26-25(31-19-32-26)20-10-4-1-5-11-20)35-23-16-17-24(35)27(29(37)38)33(18-23)30(39)34(21-12-6-2-7-13-21)22-14-8-3-9-15-22/h1-15,19,23-24,27H,16-18H2,(H,31,32)(H,37,38)/t23-,24+,27-/m0/s1. The summed E-state index contributed by atoms with van der Waals surface area (Å²) >= 11 is 0. The molecule has 2 bridgehead atoms. The molecule has 2 N–H and O–H groups in total. The van der Waals surface area contributed by atoms with Gasteiger partial charge in [-0.15, -0.1) is 0 Å².